The second kappa shape index (κ2) is 5.26. The quantitative estimate of drug-likeness (QED) is 0.847. The fourth-order valence-corrected chi connectivity index (χ4v) is 2.83. The predicted molar refractivity (Wildman–Crippen MR) is 81.4 cm³/mol. The van der Waals surface area contributed by atoms with Crippen molar-refractivity contribution in [2.24, 2.45) is 0 Å². The summed E-state index contributed by atoms with van der Waals surface area (Å²) in [6, 6.07) is 16.2. The summed E-state index contributed by atoms with van der Waals surface area (Å²) in [6.45, 7) is 1.80. The van der Waals surface area contributed by atoms with Crippen LogP contribution in [0, 0.1) is 11.3 Å². The minimum absolute atomic E-state index is 0.759. The van der Waals surface area contributed by atoms with Crippen LogP contribution in [0.15, 0.2) is 42.5 Å². The number of anilines is 2. The summed E-state index contributed by atoms with van der Waals surface area (Å²) < 4.78 is 0. The zero-order chi connectivity index (χ0) is 13.9. The SMILES string of the molecule is N#Cc1ccccc1CN1CCCc2cc(N)ccc21. The van der Waals surface area contributed by atoms with Gasteiger partial charge in [-0.25, -0.2) is 0 Å². The smallest absolute Gasteiger partial charge is 0.0995 e. The Morgan fingerprint density at radius 3 is 2.90 bits per heavy atom. The summed E-state index contributed by atoms with van der Waals surface area (Å²) in [7, 11) is 0. The fourth-order valence-electron chi connectivity index (χ4n) is 2.83. The molecule has 0 aliphatic carbocycles. The first-order valence-corrected chi connectivity index (χ1v) is 6.89. The number of hydrogen-bond donors (Lipinski definition) is 1. The molecule has 0 atom stereocenters. The van der Waals surface area contributed by atoms with Crippen molar-refractivity contribution in [1.82, 2.24) is 0 Å². The van der Waals surface area contributed by atoms with E-state index in [1.54, 1.807) is 0 Å². The number of nitrogens with zero attached hydrogens (tertiary/aromatic N) is 2. The molecule has 2 aromatic rings. The van der Waals surface area contributed by atoms with E-state index in [-0.39, 0.29) is 0 Å². The maximum atomic E-state index is 9.19. The largest absolute Gasteiger partial charge is 0.399 e. The van der Waals surface area contributed by atoms with Gasteiger partial charge in [-0.2, -0.15) is 5.26 Å². The molecule has 0 aromatic heterocycles. The number of nitriles is 1. The van der Waals surface area contributed by atoms with Gasteiger partial charge in [-0.05, 0) is 48.2 Å². The molecule has 3 heteroatoms. The van der Waals surface area contributed by atoms with Crippen molar-refractivity contribution in [2.45, 2.75) is 19.4 Å². The molecule has 20 heavy (non-hydrogen) atoms. The van der Waals surface area contributed by atoms with E-state index in [0.717, 1.165) is 42.7 Å². The fraction of sp³-hybridized carbons (Fsp3) is 0.235. The van der Waals surface area contributed by atoms with Gasteiger partial charge in [0, 0.05) is 24.5 Å². The van der Waals surface area contributed by atoms with Crippen LogP contribution in [0.5, 0.6) is 0 Å². The van der Waals surface area contributed by atoms with Crippen molar-refractivity contribution >= 4 is 11.4 Å². The summed E-state index contributed by atoms with van der Waals surface area (Å²) in [5.74, 6) is 0. The number of aryl methyl sites for hydroxylation is 1. The van der Waals surface area contributed by atoms with Crippen molar-refractivity contribution < 1.29 is 0 Å². The average Bonchev–Trinajstić information content (AvgIpc) is 2.47. The maximum absolute atomic E-state index is 9.19. The van der Waals surface area contributed by atoms with E-state index in [1.807, 2.05) is 30.3 Å². The first-order valence-electron chi connectivity index (χ1n) is 6.89. The number of fused-ring (bicyclic) bond motifs is 1. The van der Waals surface area contributed by atoms with Gasteiger partial charge in [0.05, 0.1) is 11.6 Å². The number of nitrogen functional groups attached to an aromatic ring is 1. The van der Waals surface area contributed by atoms with Crippen molar-refractivity contribution in [3.63, 3.8) is 0 Å². The van der Waals surface area contributed by atoms with Gasteiger partial charge in [0.15, 0.2) is 0 Å². The van der Waals surface area contributed by atoms with Gasteiger partial charge in [-0.1, -0.05) is 18.2 Å². The van der Waals surface area contributed by atoms with Crippen molar-refractivity contribution in [2.75, 3.05) is 17.2 Å². The zero-order valence-electron chi connectivity index (χ0n) is 11.3. The molecule has 3 nitrogen and oxygen atoms in total. The highest BCUT2D eigenvalue weighted by molar-refractivity contribution is 5.61. The third-order valence-corrected chi connectivity index (χ3v) is 3.82. The number of benzene rings is 2. The van der Waals surface area contributed by atoms with Gasteiger partial charge >= 0.3 is 0 Å². The second-order valence-corrected chi connectivity index (χ2v) is 5.18. The molecule has 3 rings (SSSR count). The van der Waals surface area contributed by atoms with E-state index in [2.05, 4.69) is 23.1 Å². The normalized spacial score (nSPS) is 13.7. The van der Waals surface area contributed by atoms with Gasteiger partial charge in [-0.3, -0.25) is 0 Å². The lowest BCUT2D eigenvalue weighted by Crippen LogP contribution is -2.29. The molecule has 1 heterocycles. The van der Waals surface area contributed by atoms with Crippen LogP contribution in [0.1, 0.15) is 23.1 Å². The second-order valence-electron chi connectivity index (χ2n) is 5.18. The van der Waals surface area contributed by atoms with E-state index in [0.29, 0.717) is 0 Å². The monoisotopic (exact) mass is 263 g/mol. The van der Waals surface area contributed by atoms with Crippen LogP contribution >= 0.6 is 0 Å². The Morgan fingerprint density at radius 2 is 2.05 bits per heavy atom. The van der Waals surface area contributed by atoms with E-state index < -0.39 is 0 Å². The van der Waals surface area contributed by atoms with Crippen molar-refractivity contribution in [3.8, 4) is 6.07 Å². The Hall–Kier alpha value is -2.47. The first kappa shape index (κ1) is 12.6. The molecular formula is C17H17N3. The molecule has 2 N–H and O–H groups in total. The molecule has 0 amide bonds. The van der Waals surface area contributed by atoms with Gasteiger partial charge < -0.3 is 10.6 Å². The highest BCUT2D eigenvalue weighted by Crippen LogP contribution is 2.30. The molecule has 100 valence electrons. The lowest BCUT2D eigenvalue weighted by atomic mass is 9.99. The van der Waals surface area contributed by atoms with E-state index in [9.17, 15) is 5.26 Å². The first-order chi connectivity index (χ1) is 9.78. The summed E-state index contributed by atoms with van der Waals surface area (Å²) in [4.78, 5) is 2.34. The number of hydrogen-bond acceptors (Lipinski definition) is 3. The molecule has 0 fully saturated rings. The molecule has 1 aliphatic heterocycles. The Bertz CT molecular complexity index is 670. The molecule has 0 unspecified atom stereocenters. The average molecular weight is 263 g/mol. The lowest BCUT2D eigenvalue weighted by molar-refractivity contribution is 0.691. The number of rotatable bonds is 2. The van der Waals surface area contributed by atoms with Crippen LogP contribution in [0.4, 0.5) is 11.4 Å². The Kier molecular flexibility index (Phi) is 3.30. The third kappa shape index (κ3) is 2.33. The van der Waals surface area contributed by atoms with Gasteiger partial charge in [-0.15, -0.1) is 0 Å². The molecule has 0 bridgehead atoms. The third-order valence-electron chi connectivity index (χ3n) is 3.82. The standard InChI is InChI=1S/C17H17N3/c18-11-14-4-1-2-5-15(14)12-20-9-3-6-13-10-16(19)7-8-17(13)20/h1-2,4-5,7-8,10H,3,6,9,12,19H2. The van der Waals surface area contributed by atoms with Crippen LogP contribution in [0.25, 0.3) is 0 Å². The molecule has 2 aromatic carbocycles. The highest BCUT2D eigenvalue weighted by atomic mass is 15.1. The summed E-state index contributed by atoms with van der Waals surface area (Å²) >= 11 is 0. The van der Waals surface area contributed by atoms with E-state index >= 15 is 0 Å². The van der Waals surface area contributed by atoms with Crippen molar-refractivity contribution in [3.05, 3.63) is 59.2 Å². The van der Waals surface area contributed by atoms with Crippen LogP contribution in [-0.2, 0) is 13.0 Å². The van der Waals surface area contributed by atoms with E-state index in [1.165, 1.54) is 11.3 Å². The molecule has 0 radical (unpaired) electrons. The zero-order valence-corrected chi connectivity index (χ0v) is 11.3. The lowest BCUT2D eigenvalue weighted by Gasteiger charge is -2.31. The van der Waals surface area contributed by atoms with Crippen LogP contribution in [-0.4, -0.2) is 6.54 Å². The minimum atomic E-state index is 0.759. The van der Waals surface area contributed by atoms with E-state index in [4.69, 9.17) is 5.73 Å². The van der Waals surface area contributed by atoms with Crippen LogP contribution in [0.2, 0.25) is 0 Å². The van der Waals surface area contributed by atoms with Crippen molar-refractivity contribution in [1.29, 1.82) is 5.26 Å². The summed E-state index contributed by atoms with van der Waals surface area (Å²) in [5, 5.41) is 9.19. The number of nitrogens with two attached hydrogens (primary N) is 1. The molecule has 0 saturated heterocycles. The minimum Gasteiger partial charge on any atom is -0.399 e. The molecular weight excluding hydrogens is 246 g/mol. The Balaban J connectivity index is 1.92. The van der Waals surface area contributed by atoms with Crippen LogP contribution < -0.4 is 10.6 Å². The van der Waals surface area contributed by atoms with Gasteiger partial charge in [0.25, 0.3) is 0 Å². The molecule has 0 spiro atoms. The van der Waals surface area contributed by atoms with Crippen LogP contribution in [0.3, 0.4) is 0 Å². The van der Waals surface area contributed by atoms with Gasteiger partial charge in [0.1, 0.15) is 0 Å². The van der Waals surface area contributed by atoms with Gasteiger partial charge in [0.2, 0.25) is 0 Å². The Morgan fingerprint density at radius 1 is 1.20 bits per heavy atom. The molecule has 0 saturated carbocycles. The highest BCUT2D eigenvalue weighted by Gasteiger charge is 2.17. The summed E-state index contributed by atoms with van der Waals surface area (Å²) in [6.07, 6.45) is 2.21. The molecule has 1 aliphatic rings. The predicted octanol–water partition coefficient (Wildman–Crippen LogP) is 3.09. The topological polar surface area (TPSA) is 53.0 Å². The maximum Gasteiger partial charge on any atom is 0.0995 e. The Labute approximate surface area is 119 Å². The summed E-state index contributed by atoms with van der Waals surface area (Å²) in [5.41, 5.74) is 11.1.